The first kappa shape index (κ1) is 19.1. The van der Waals surface area contributed by atoms with Gasteiger partial charge in [-0.1, -0.05) is 49.7 Å². The first-order valence-electron chi connectivity index (χ1n) is 9.97. The van der Waals surface area contributed by atoms with Crippen LogP contribution in [0.25, 0.3) is 16.6 Å². The molecule has 0 aliphatic carbocycles. The molecule has 0 radical (unpaired) electrons. The monoisotopic (exact) mass is 386 g/mol. The summed E-state index contributed by atoms with van der Waals surface area (Å²) in [5.41, 5.74) is 6.86. The first-order valence-corrected chi connectivity index (χ1v) is 9.97. The number of benzene rings is 2. The summed E-state index contributed by atoms with van der Waals surface area (Å²) in [6.45, 7) is 10.8. The number of aromatic nitrogens is 4. The van der Waals surface area contributed by atoms with Crippen LogP contribution < -0.4 is 5.56 Å². The summed E-state index contributed by atoms with van der Waals surface area (Å²) in [5, 5.41) is 10.1. The van der Waals surface area contributed by atoms with Gasteiger partial charge in [-0.2, -0.15) is 10.2 Å². The molecule has 0 fully saturated rings. The van der Waals surface area contributed by atoms with Crippen LogP contribution in [0.3, 0.4) is 0 Å². The van der Waals surface area contributed by atoms with E-state index < -0.39 is 0 Å². The van der Waals surface area contributed by atoms with Gasteiger partial charge >= 0.3 is 0 Å². The lowest BCUT2D eigenvalue weighted by Crippen LogP contribution is -2.27. The summed E-state index contributed by atoms with van der Waals surface area (Å²) in [7, 11) is 0. The van der Waals surface area contributed by atoms with Crippen LogP contribution in [0.2, 0.25) is 0 Å². The fourth-order valence-corrected chi connectivity index (χ4v) is 3.66. The van der Waals surface area contributed by atoms with Gasteiger partial charge in [-0.3, -0.25) is 4.79 Å². The van der Waals surface area contributed by atoms with Gasteiger partial charge in [-0.25, -0.2) is 9.36 Å². The van der Waals surface area contributed by atoms with E-state index >= 15 is 0 Å². The quantitative estimate of drug-likeness (QED) is 0.512. The van der Waals surface area contributed by atoms with Crippen LogP contribution >= 0.6 is 0 Å². The minimum atomic E-state index is -0.123. The standard InChI is InChI=1S/C24H26N4O/c1-15(2)22-21-13-25-28(20-10-9-17(4)18(5)12-20)23(21)24(29)27(26-22)14-19-8-6-7-16(3)11-19/h6-13,15H,14H2,1-5H3. The molecule has 0 spiro atoms. The number of rotatable bonds is 4. The lowest BCUT2D eigenvalue weighted by Gasteiger charge is -2.13. The van der Waals surface area contributed by atoms with Crippen molar-refractivity contribution in [3.05, 3.63) is 87.0 Å². The molecular weight excluding hydrogens is 360 g/mol. The summed E-state index contributed by atoms with van der Waals surface area (Å²) in [6.07, 6.45) is 1.77. The van der Waals surface area contributed by atoms with Crippen LogP contribution in [-0.4, -0.2) is 19.6 Å². The van der Waals surface area contributed by atoms with E-state index in [4.69, 9.17) is 5.10 Å². The van der Waals surface area contributed by atoms with Gasteiger partial charge in [0.05, 0.1) is 24.1 Å². The number of aryl methyl sites for hydroxylation is 3. The zero-order valence-electron chi connectivity index (χ0n) is 17.6. The predicted molar refractivity (Wildman–Crippen MR) is 117 cm³/mol. The van der Waals surface area contributed by atoms with Crippen LogP contribution in [-0.2, 0) is 6.54 Å². The molecule has 0 N–H and O–H groups in total. The van der Waals surface area contributed by atoms with E-state index in [0.717, 1.165) is 22.3 Å². The summed E-state index contributed by atoms with van der Waals surface area (Å²) in [4.78, 5) is 13.4. The van der Waals surface area contributed by atoms with E-state index in [-0.39, 0.29) is 11.5 Å². The van der Waals surface area contributed by atoms with E-state index in [9.17, 15) is 4.79 Å². The van der Waals surface area contributed by atoms with E-state index in [2.05, 4.69) is 64.0 Å². The van der Waals surface area contributed by atoms with Crippen molar-refractivity contribution >= 4 is 10.9 Å². The molecule has 2 aromatic heterocycles. The molecule has 0 bridgehead atoms. The van der Waals surface area contributed by atoms with Gasteiger partial charge in [0.2, 0.25) is 0 Å². The normalized spacial score (nSPS) is 11.5. The second-order valence-corrected chi connectivity index (χ2v) is 8.08. The zero-order valence-corrected chi connectivity index (χ0v) is 17.6. The summed E-state index contributed by atoms with van der Waals surface area (Å²) in [6, 6.07) is 14.3. The maximum absolute atomic E-state index is 13.4. The maximum Gasteiger partial charge on any atom is 0.293 e. The second kappa shape index (κ2) is 7.32. The SMILES string of the molecule is Cc1cccc(Cn2nc(C(C)C)c3cnn(-c4ccc(C)c(C)c4)c3c2=O)c1. The highest BCUT2D eigenvalue weighted by atomic mass is 16.1. The molecule has 4 aromatic rings. The Labute approximate surface area is 170 Å². The van der Waals surface area contributed by atoms with Crippen LogP contribution in [0, 0.1) is 20.8 Å². The zero-order chi connectivity index (χ0) is 20.7. The molecule has 0 aliphatic rings. The molecular formula is C24H26N4O. The Morgan fingerprint density at radius 2 is 1.79 bits per heavy atom. The second-order valence-electron chi connectivity index (χ2n) is 8.08. The highest BCUT2D eigenvalue weighted by molar-refractivity contribution is 5.82. The van der Waals surface area contributed by atoms with Gasteiger partial charge < -0.3 is 0 Å². The minimum Gasteiger partial charge on any atom is -0.265 e. The highest BCUT2D eigenvalue weighted by Crippen LogP contribution is 2.24. The molecule has 0 saturated carbocycles. The van der Waals surface area contributed by atoms with Crippen LogP contribution in [0.1, 0.15) is 47.7 Å². The largest absolute Gasteiger partial charge is 0.293 e. The molecule has 5 nitrogen and oxygen atoms in total. The van der Waals surface area contributed by atoms with Crippen molar-refractivity contribution in [2.45, 2.75) is 47.1 Å². The smallest absolute Gasteiger partial charge is 0.265 e. The number of nitrogens with zero attached hydrogens (tertiary/aromatic N) is 4. The maximum atomic E-state index is 13.4. The molecule has 2 aromatic carbocycles. The summed E-state index contributed by atoms with van der Waals surface area (Å²) in [5.74, 6) is 0.180. The Hall–Kier alpha value is -3.21. The molecule has 2 heterocycles. The molecule has 4 rings (SSSR count). The molecule has 0 aliphatic heterocycles. The number of hydrogen-bond acceptors (Lipinski definition) is 3. The first-order chi connectivity index (χ1) is 13.8. The van der Waals surface area contributed by atoms with Crippen LogP contribution in [0.15, 0.2) is 53.5 Å². The lowest BCUT2D eigenvalue weighted by atomic mass is 10.1. The molecule has 0 unspecified atom stereocenters. The topological polar surface area (TPSA) is 52.7 Å². The Morgan fingerprint density at radius 1 is 1.00 bits per heavy atom. The number of hydrogen-bond donors (Lipinski definition) is 0. The third-order valence-electron chi connectivity index (χ3n) is 5.41. The van der Waals surface area contributed by atoms with Crippen molar-refractivity contribution in [1.29, 1.82) is 0 Å². The van der Waals surface area contributed by atoms with Crippen molar-refractivity contribution in [1.82, 2.24) is 19.6 Å². The van der Waals surface area contributed by atoms with E-state index in [1.165, 1.54) is 16.7 Å². The van der Waals surface area contributed by atoms with Gasteiger partial charge in [-0.05, 0) is 55.5 Å². The average molecular weight is 386 g/mol. The van der Waals surface area contributed by atoms with E-state index in [1.807, 2.05) is 18.2 Å². The number of fused-ring (bicyclic) bond motifs is 1. The van der Waals surface area contributed by atoms with Gasteiger partial charge in [-0.15, -0.1) is 0 Å². The third-order valence-corrected chi connectivity index (χ3v) is 5.41. The molecule has 5 heteroatoms. The Kier molecular flexibility index (Phi) is 4.82. The molecule has 29 heavy (non-hydrogen) atoms. The van der Waals surface area contributed by atoms with Gasteiger partial charge in [0.25, 0.3) is 5.56 Å². The lowest BCUT2D eigenvalue weighted by molar-refractivity contribution is 0.612. The molecule has 0 atom stereocenters. The van der Waals surface area contributed by atoms with Crippen molar-refractivity contribution in [2.75, 3.05) is 0 Å². The van der Waals surface area contributed by atoms with Crippen LogP contribution in [0.5, 0.6) is 0 Å². The van der Waals surface area contributed by atoms with Crippen LogP contribution in [0.4, 0.5) is 0 Å². The fraction of sp³-hybridized carbons (Fsp3) is 0.292. The third kappa shape index (κ3) is 3.48. The van der Waals surface area contributed by atoms with Crippen molar-refractivity contribution in [3.8, 4) is 5.69 Å². The van der Waals surface area contributed by atoms with E-state index in [0.29, 0.717) is 12.1 Å². The van der Waals surface area contributed by atoms with Gasteiger partial charge in [0, 0.05) is 5.39 Å². The molecule has 0 amide bonds. The molecule has 148 valence electrons. The Morgan fingerprint density at radius 3 is 2.48 bits per heavy atom. The Bertz CT molecular complexity index is 1260. The van der Waals surface area contributed by atoms with Crippen molar-refractivity contribution < 1.29 is 0 Å². The fourth-order valence-electron chi connectivity index (χ4n) is 3.66. The Balaban J connectivity index is 1.95. The van der Waals surface area contributed by atoms with Gasteiger partial charge in [0.15, 0.2) is 0 Å². The van der Waals surface area contributed by atoms with Gasteiger partial charge in [0.1, 0.15) is 5.52 Å². The molecule has 0 saturated heterocycles. The van der Waals surface area contributed by atoms with Crippen molar-refractivity contribution in [3.63, 3.8) is 0 Å². The predicted octanol–water partition coefficient (Wildman–Crippen LogP) is 4.68. The minimum absolute atomic E-state index is 0.123. The highest BCUT2D eigenvalue weighted by Gasteiger charge is 2.19. The van der Waals surface area contributed by atoms with Crippen molar-refractivity contribution in [2.24, 2.45) is 0 Å². The van der Waals surface area contributed by atoms with E-state index in [1.54, 1.807) is 15.6 Å². The summed E-state index contributed by atoms with van der Waals surface area (Å²) >= 11 is 0. The summed E-state index contributed by atoms with van der Waals surface area (Å²) < 4.78 is 3.33. The average Bonchev–Trinajstić information content (AvgIpc) is 3.11.